The Morgan fingerprint density at radius 1 is 1.00 bits per heavy atom. The number of anilines is 2. The molecule has 0 bridgehead atoms. The molecular formula is C27H33N7. The fourth-order valence-electron chi connectivity index (χ4n) is 5.41. The number of hydrogen-bond acceptors (Lipinski definition) is 6. The topological polar surface area (TPSA) is 79.7 Å². The maximum absolute atomic E-state index is 4.87. The first-order valence-corrected chi connectivity index (χ1v) is 12.6. The monoisotopic (exact) mass is 455 g/mol. The Morgan fingerprint density at radius 3 is 2.76 bits per heavy atom. The summed E-state index contributed by atoms with van der Waals surface area (Å²) in [6.45, 7) is 1.05. The maximum atomic E-state index is 4.87. The van der Waals surface area contributed by atoms with Gasteiger partial charge >= 0.3 is 0 Å². The van der Waals surface area contributed by atoms with E-state index in [0.717, 1.165) is 53.0 Å². The minimum atomic E-state index is 0.512. The molecule has 2 fully saturated rings. The quantitative estimate of drug-likeness (QED) is 0.296. The van der Waals surface area contributed by atoms with Gasteiger partial charge in [-0.25, -0.2) is 20.4 Å². The number of hydrogen-bond donors (Lipinski definition) is 3. The van der Waals surface area contributed by atoms with Crippen LogP contribution in [-0.4, -0.2) is 33.1 Å². The molecule has 2 saturated carbocycles. The number of pyridine rings is 1. The zero-order chi connectivity index (χ0) is 22.9. The second-order valence-corrected chi connectivity index (χ2v) is 9.98. The van der Waals surface area contributed by atoms with E-state index in [0.29, 0.717) is 6.04 Å². The summed E-state index contributed by atoms with van der Waals surface area (Å²) in [6.07, 6.45) is 12.6. The molecule has 2 aliphatic carbocycles. The number of benzene rings is 1. The molecule has 3 N–H and O–H groups in total. The highest BCUT2D eigenvalue weighted by Gasteiger charge is 2.27. The molecule has 7 nitrogen and oxygen atoms in total. The molecule has 2 unspecified atom stereocenters. The van der Waals surface area contributed by atoms with Crippen molar-refractivity contribution in [2.24, 2.45) is 11.8 Å². The Morgan fingerprint density at radius 2 is 1.88 bits per heavy atom. The van der Waals surface area contributed by atoms with Gasteiger partial charge in [0.25, 0.3) is 0 Å². The van der Waals surface area contributed by atoms with Crippen LogP contribution in [0.25, 0.3) is 21.9 Å². The first kappa shape index (κ1) is 21.4. The van der Waals surface area contributed by atoms with Gasteiger partial charge in [0, 0.05) is 31.2 Å². The summed E-state index contributed by atoms with van der Waals surface area (Å²) in [4.78, 5) is 13.8. The van der Waals surface area contributed by atoms with Crippen LogP contribution in [0.3, 0.4) is 0 Å². The van der Waals surface area contributed by atoms with Crippen molar-refractivity contribution in [1.29, 1.82) is 0 Å². The van der Waals surface area contributed by atoms with Crippen LogP contribution in [0.1, 0.15) is 50.1 Å². The van der Waals surface area contributed by atoms with Crippen molar-refractivity contribution < 1.29 is 0 Å². The Kier molecular flexibility index (Phi) is 5.79. The van der Waals surface area contributed by atoms with Crippen molar-refractivity contribution in [2.75, 3.05) is 24.3 Å². The molecule has 6 rings (SSSR count). The molecule has 34 heavy (non-hydrogen) atoms. The summed E-state index contributed by atoms with van der Waals surface area (Å²) in [6, 6.07) is 13.7. The highest BCUT2D eigenvalue weighted by molar-refractivity contribution is 5.87. The van der Waals surface area contributed by atoms with E-state index in [4.69, 9.17) is 4.98 Å². The van der Waals surface area contributed by atoms with E-state index in [-0.39, 0.29) is 0 Å². The molecular weight excluding hydrogens is 422 g/mol. The predicted molar refractivity (Wildman–Crippen MR) is 138 cm³/mol. The Labute approximate surface area is 200 Å². The van der Waals surface area contributed by atoms with E-state index in [1.54, 1.807) is 6.33 Å². The smallest absolute Gasteiger partial charge is 0.153 e. The third-order valence-electron chi connectivity index (χ3n) is 7.53. The van der Waals surface area contributed by atoms with Gasteiger partial charge in [0.2, 0.25) is 0 Å². The van der Waals surface area contributed by atoms with E-state index in [9.17, 15) is 0 Å². The highest BCUT2D eigenvalue weighted by Crippen LogP contribution is 2.39. The highest BCUT2D eigenvalue weighted by atomic mass is 15.4. The summed E-state index contributed by atoms with van der Waals surface area (Å²) in [5, 5.41) is 5.79. The third-order valence-corrected chi connectivity index (χ3v) is 7.53. The number of aryl methyl sites for hydroxylation is 1. The second kappa shape index (κ2) is 9.22. The molecule has 176 valence electrons. The van der Waals surface area contributed by atoms with E-state index >= 15 is 0 Å². The Hall–Kier alpha value is -3.19. The average Bonchev–Trinajstić information content (AvgIpc) is 3.40. The Bertz CT molecular complexity index is 1290. The van der Waals surface area contributed by atoms with Crippen molar-refractivity contribution in [3.05, 3.63) is 54.5 Å². The molecule has 0 saturated heterocycles. The normalized spacial score (nSPS) is 20.3. The largest absolute Gasteiger partial charge is 0.370 e. The van der Waals surface area contributed by atoms with E-state index in [1.807, 2.05) is 7.05 Å². The number of aromatic nitrogens is 4. The van der Waals surface area contributed by atoms with E-state index in [2.05, 4.69) is 73.3 Å². The lowest BCUT2D eigenvalue weighted by Crippen LogP contribution is -2.16. The van der Waals surface area contributed by atoms with Crippen LogP contribution >= 0.6 is 0 Å². The predicted octanol–water partition coefficient (Wildman–Crippen LogP) is 5.32. The fourth-order valence-corrected chi connectivity index (χ4v) is 5.41. The van der Waals surface area contributed by atoms with Gasteiger partial charge in [-0.2, -0.15) is 0 Å². The molecule has 3 heterocycles. The van der Waals surface area contributed by atoms with Gasteiger partial charge in [-0.1, -0.05) is 12.1 Å². The van der Waals surface area contributed by atoms with Crippen molar-refractivity contribution >= 4 is 33.6 Å². The summed E-state index contributed by atoms with van der Waals surface area (Å²) >= 11 is 0. The van der Waals surface area contributed by atoms with E-state index in [1.165, 1.54) is 49.5 Å². The molecule has 1 aromatic carbocycles. The number of rotatable bonds is 9. The number of nitrogens with zero attached hydrogens (tertiary/aromatic N) is 4. The zero-order valence-electron chi connectivity index (χ0n) is 19.8. The van der Waals surface area contributed by atoms with Crippen LogP contribution in [0.15, 0.2) is 48.9 Å². The number of fused-ring (bicyclic) bond motifs is 2. The second-order valence-electron chi connectivity index (χ2n) is 9.98. The maximum Gasteiger partial charge on any atom is 0.153 e. The molecule has 4 aromatic rings. The van der Waals surface area contributed by atoms with Crippen molar-refractivity contribution in [2.45, 2.75) is 51.0 Å². The molecule has 0 aliphatic heterocycles. The van der Waals surface area contributed by atoms with Crippen LogP contribution in [0, 0.1) is 11.8 Å². The molecule has 3 aromatic heterocycles. The number of hydrazine groups is 1. The van der Waals surface area contributed by atoms with Crippen molar-refractivity contribution in [1.82, 2.24) is 24.9 Å². The van der Waals surface area contributed by atoms with Crippen LogP contribution in [0.4, 0.5) is 11.6 Å². The SMILES string of the molecule is CNNc1ncnc2c1ccn2C1CCC(CCc2ccc3ccc(NCC4CC4)nc3c2)C1. The van der Waals surface area contributed by atoms with Crippen LogP contribution in [-0.2, 0) is 6.42 Å². The molecule has 2 aliphatic rings. The lowest BCUT2D eigenvalue weighted by Gasteiger charge is -2.15. The molecule has 0 amide bonds. The van der Waals surface area contributed by atoms with Crippen LogP contribution in [0.5, 0.6) is 0 Å². The number of nitrogens with one attached hydrogen (secondary N) is 3. The molecule has 0 spiro atoms. The lowest BCUT2D eigenvalue weighted by atomic mass is 9.97. The summed E-state index contributed by atoms with van der Waals surface area (Å²) in [5.74, 6) is 3.43. The van der Waals surface area contributed by atoms with Crippen molar-refractivity contribution in [3.8, 4) is 0 Å². The van der Waals surface area contributed by atoms with E-state index < -0.39 is 0 Å². The fraction of sp³-hybridized carbons (Fsp3) is 0.444. The van der Waals surface area contributed by atoms with Gasteiger partial charge in [-0.15, -0.1) is 0 Å². The zero-order valence-corrected chi connectivity index (χ0v) is 19.8. The summed E-state index contributed by atoms with van der Waals surface area (Å²) < 4.78 is 2.36. The molecule has 0 radical (unpaired) electrons. The molecule has 7 heteroatoms. The van der Waals surface area contributed by atoms with Crippen LogP contribution < -0.4 is 16.2 Å². The van der Waals surface area contributed by atoms with Gasteiger partial charge in [-0.05, 0) is 86.6 Å². The van der Waals surface area contributed by atoms with Gasteiger partial charge in [0.1, 0.15) is 17.8 Å². The first-order chi connectivity index (χ1) is 16.8. The summed E-state index contributed by atoms with van der Waals surface area (Å²) in [7, 11) is 1.85. The molecule has 2 atom stereocenters. The minimum absolute atomic E-state index is 0.512. The lowest BCUT2D eigenvalue weighted by molar-refractivity contribution is 0.461. The minimum Gasteiger partial charge on any atom is -0.370 e. The first-order valence-electron chi connectivity index (χ1n) is 12.6. The third kappa shape index (κ3) is 4.44. The average molecular weight is 456 g/mol. The van der Waals surface area contributed by atoms with Crippen molar-refractivity contribution in [3.63, 3.8) is 0 Å². The Balaban J connectivity index is 1.10. The van der Waals surface area contributed by atoms with Gasteiger partial charge in [0.15, 0.2) is 5.82 Å². The van der Waals surface area contributed by atoms with Gasteiger partial charge in [0.05, 0.1) is 10.9 Å². The van der Waals surface area contributed by atoms with Gasteiger partial charge in [-0.3, -0.25) is 0 Å². The van der Waals surface area contributed by atoms with Gasteiger partial charge < -0.3 is 15.3 Å². The summed E-state index contributed by atoms with van der Waals surface area (Å²) in [5.41, 5.74) is 9.59. The standard InChI is InChI=1S/C27H33N7/c1-28-33-26-23-12-13-34(27(23)31-17-30-26)22-10-7-18(14-22)2-3-19-6-8-21-9-11-25(32-24(21)15-19)29-16-20-4-5-20/h6,8-9,11-13,15,17-18,20,22,28H,2-5,7,10,14,16H2,1H3,(H,29,32)(H,30,31,33). The van der Waals surface area contributed by atoms with Crippen LogP contribution in [0.2, 0.25) is 0 Å².